The first kappa shape index (κ1) is 14.3. The van der Waals surface area contributed by atoms with Crippen LogP contribution < -0.4 is 10.1 Å². The van der Waals surface area contributed by atoms with Gasteiger partial charge < -0.3 is 14.8 Å². The van der Waals surface area contributed by atoms with Crippen molar-refractivity contribution in [1.82, 2.24) is 15.1 Å². The van der Waals surface area contributed by atoms with Crippen molar-refractivity contribution in [3.63, 3.8) is 0 Å². The Bertz CT molecular complexity index is 386. The first-order valence-corrected chi connectivity index (χ1v) is 7.11. The van der Waals surface area contributed by atoms with Crippen LogP contribution >= 0.6 is 0 Å². The quantitative estimate of drug-likeness (QED) is 0.857. The second-order valence-corrected chi connectivity index (χ2v) is 5.13. The van der Waals surface area contributed by atoms with E-state index in [-0.39, 0.29) is 6.04 Å². The van der Waals surface area contributed by atoms with Gasteiger partial charge in [0.2, 0.25) is 0 Å². The topological polar surface area (TPSA) is 48.3 Å². The summed E-state index contributed by atoms with van der Waals surface area (Å²) in [6.07, 6.45) is 8.02. The number of hydrogen-bond donors (Lipinski definition) is 1. The molecule has 108 valence electrons. The Morgan fingerprint density at radius 3 is 3.05 bits per heavy atom. The highest BCUT2D eigenvalue weighted by Gasteiger charge is 2.21. The number of ether oxygens (including phenoxy) is 2. The Morgan fingerprint density at radius 2 is 2.42 bits per heavy atom. The van der Waals surface area contributed by atoms with Gasteiger partial charge in [-0.1, -0.05) is 0 Å². The summed E-state index contributed by atoms with van der Waals surface area (Å²) in [6.45, 7) is 0.921. The van der Waals surface area contributed by atoms with E-state index in [9.17, 15) is 0 Å². The van der Waals surface area contributed by atoms with Crippen molar-refractivity contribution >= 4 is 0 Å². The second-order valence-electron chi connectivity index (χ2n) is 5.13. The van der Waals surface area contributed by atoms with E-state index in [1.807, 2.05) is 18.8 Å². The molecule has 2 heterocycles. The van der Waals surface area contributed by atoms with E-state index in [4.69, 9.17) is 9.47 Å². The van der Waals surface area contributed by atoms with Crippen molar-refractivity contribution < 1.29 is 9.47 Å². The van der Waals surface area contributed by atoms with Gasteiger partial charge in [0.1, 0.15) is 0 Å². The molecule has 2 unspecified atom stereocenters. The predicted octanol–water partition coefficient (Wildman–Crippen LogP) is 2.04. The number of aromatic nitrogens is 2. The highest BCUT2D eigenvalue weighted by Crippen LogP contribution is 2.29. The largest absolute Gasteiger partial charge is 0.493 e. The van der Waals surface area contributed by atoms with Crippen LogP contribution in [-0.2, 0) is 11.8 Å². The molecule has 5 heteroatoms. The molecule has 2 rings (SSSR count). The van der Waals surface area contributed by atoms with Gasteiger partial charge in [-0.25, -0.2) is 0 Å². The molecule has 1 aromatic rings. The van der Waals surface area contributed by atoms with E-state index in [0.29, 0.717) is 6.10 Å². The third kappa shape index (κ3) is 3.48. The maximum Gasteiger partial charge on any atom is 0.161 e. The maximum absolute atomic E-state index is 5.80. The summed E-state index contributed by atoms with van der Waals surface area (Å²) in [5, 5.41) is 7.63. The van der Waals surface area contributed by atoms with Gasteiger partial charge in [-0.3, -0.25) is 4.68 Å². The molecule has 2 atom stereocenters. The minimum atomic E-state index is 0.257. The molecular formula is C14H25N3O2. The third-order valence-electron chi connectivity index (χ3n) is 3.90. The first-order chi connectivity index (χ1) is 9.26. The molecule has 0 spiro atoms. The number of nitrogens with zero attached hydrogens (tertiary/aromatic N) is 2. The smallest absolute Gasteiger partial charge is 0.161 e. The summed E-state index contributed by atoms with van der Waals surface area (Å²) in [7, 11) is 5.63. The van der Waals surface area contributed by atoms with Gasteiger partial charge >= 0.3 is 0 Å². The molecule has 0 aromatic carbocycles. The van der Waals surface area contributed by atoms with E-state index in [1.165, 1.54) is 19.3 Å². The molecule has 0 bridgehead atoms. The SMILES string of the molecule is CNC(CCC1CCCCO1)c1c(OC)cnn1C. The number of hydrogen-bond acceptors (Lipinski definition) is 4. The van der Waals surface area contributed by atoms with Crippen LogP contribution in [0.3, 0.4) is 0 Å². The van der Waals surface area contributed by atoms with Crippen molar-refractivity contribution in [3.05, 3.63) is 11.9 Å². The number of methoxy groups -OCH3 is 1. The second kappa shape index (κ2) is 6.91. The van der Waals surface area contributed by atoms with Gasteiger partial charge in [0.15, 0.2) is 5.75 Å². The average Bonchev–Trinajstić information content (AvgIpc) is 2.82. The third-order valence-corrected chi connectivity index (χ3v) is 3.90. The van der Waals surface area contributed by atoms with Crippen LogP contribution in [0.1, 0.15) is 43.8 Å². The van der Waals surface area contributed by atoms with Gasteiger partial charge in [0.25, 0.3) is 0 Å². The molecule has 1 aromatic heterocycles. The molecule has 1 fully saturated rings. The maximum atomic E-state index is 5.80. The summed E-state index contributed by atoms with van der Waals surface area (Å²) in [6, 6.07) is 0.257. The lowest BCUT2D eigenvalue weighted by Crippen LogP contribution is -2.24. The Balaban J connectivity index is 1.97. The Hall–Kier alpha value is -1.07. The molecule has 0 radical (unpaired) electrons. The summed E-state index contributed by atoms with van der Waals surface area (Å²) in [5.74, 6) is 0.853. The number of nitrogens with one attached hydrogen (secondary N) is 1. The Kier molecular flexibility index (Phi) is 5.22. The molecule has 19 heavy (non-hydrogen) atoms. The van der Waals surface area contributed by atoms with Crippen LogP contribution in [0.2, 0.25) is 0 Å². The molecule has 5 nitrogen and oxygen atoms in total. The lowest BCUT2D eigenvalue weighted by molar-refractivity contribution is 0.00850. The summed E-state index contributed by atoms with van der Waals surface area (Å²) >= 11 is 0. The zero-order valence-electron chi connectivity index (χ0n) is 12.2. The monoisotopic (exact) mass is 267 g/mol. The number of rotatable bonds is 6. The van der Waals surface area contributed by atoms with Crippen LogP contribution in [0.25, 0.3) is 0 Å². The average molecular weight is 267 g/mol. The summed E-state index contributed by atoms with van der Waals surface area (Å²) in [5.41, 5.74) is 1.11. The molecular weight excluding hydrogens is 242 g/mol. The summed E-state index contributed by atoms with van der Waals surface area (Å²) in [4.78, 5) is 0. The van der Waals surface area contributed by atoms with Crippen molar-refractivity contribution in [2.24, 2.45) is 7.05 Å². The molecule has 1 N–H and O–H groups in total. The van der Waals surface area contributed by atoms with E-state index < -0.39 is 0 Å². The van der Waals surface area contributed by atoms with Crippen LogP contribution in [0.4, 0.5) is 0 Å². The van der Waals surface area contributed by atoms with Gasteiger partial charge in [0, 0.05) is 13.7 Å². The van der Waals surface area contributed by atoms with Crippen LogP contribution in [0, 0.1) is 0 Å². The van der Waals surface area contributed by atoms with Crippen LogP contribution in [0.5, 0.6) is 5.75 Å². The zero-order chi connectivity index (χ0) is 13.7. The van der Waals surface area contributed by atoms with Gasteiger partial charge in [-0.2, -0.15) is 5.10 Å². The van der Waals surface area contributed by atoms with Crippen molar-refractivity contribution in [2.45, 2.75) is 44.2 Å². The lowest BCUT2D eigenvalue weighted by Gasteiger charge is -2.25. The fourth-order valence-corrected chi connectivity index (χ4v) is 2.79. The van der Waals surface area contributed by atoms with Gasteiger partial charge in [-0.05, 0) is 39.2 Å². The highest BCUT2D eigenvalue weighted by molar-refractivity contribution is 5.28. The normalized spacial score (nSPS) is 21.3. The molecule has 1 saturated heterocycles. The van der Waals surface area contributed by atoms with Crippen LogP contribution in [-0.4, -0.2) is 36.6 Å². The Morgan fingerprint density at radius 1 is 1.58 bits per heavy atom. The summed E-state index contributed by atoms with van der Waals surface area (Å²) < 4.78 is 13.1. The fourth-order valence-electron chi connectivity index (χ4n) is 2.79. The van der Waals surface area contributed by atoms with Gasteiger partial charge in [0.05, 0.1) is 31.1 Å². The fraction of sp³-hybridized carbons (Fsp3) is 0.786. The minimum absolute atomic E-state index is 0.257. The van der Waals surface area contributed by atoms with Crippen molar-refractivity contribution in [2.75, 3.05) is 20.8 Å². The molecule has 0 aliphatic carbocycles. The molecule has 1 aliphatic rings. The van der Waals surface area contributed by atoms with E-state index in [2.05, 4.69) is 10.4 Å². The van der Waals surface area contributed by atoms with Gasteiger partial charge in [-0.15, -0.1) is 0 Å². The molecule has 1 aliphatic heterocycles. The molecule has 0 saturated carbocycles. The van der Waals surface area contributed by atoms with E-state index in [0.717, 1.165) is 30.9 Å². The number of aryl methyl sites for hydroxylation is 1. The predicted molar refractivity (Wildman–Crippen MR) is 74.4 cm³/mol. The van der Waals surface area contributed by atoms with E-state index >= 15 is 0 Å². The van der Waals surface area contributed by atoms with Crippen molar-refractivity contribution in [1.29, 1.82) is 0 Å². The van der Waals surface area contributed by atoms with Crippen molar-refractivity contribution in [3.8, 4) is 5.75 Å². The standard InChI is InChI=1S/C14H25N3O2/c1-15-12(8-7-11-6-4-5-9-19-11)14-13(18-3)10-16-17(14)2/h10-12,15H,4-9H2,1-3H3. The molecule has 0 amide bonds. The zero-order valence-corrected chi connectivity index (χ0v) is 12.2. The highest BCUT2D eigenvalue weighted by atomic mass is 16.5. The first-order valence-electron chi connectivity index (χ1n) is 7.11. The van der Waals surface area contributed by atoms with E-state index in [1.54, 1.807) is 13.3 Å². The van der Waals surface area contributed by atoms with Crippen LogP contribution in [0.15, 0.2) is 6.20 Å². The lowest BCUT2D eigenvalue weighted by atomic mass is 10.00. The minimum Gasteiger partial charge on any atom is -0.493 e. The Labute approximate surface area is 115 Å².